The van der Waals surface area contributed by atoms with Crippen LogP contribution in [0, 0.1) is 0 Å². The van der Waals surface area contributed by atoms with Crippen LogP contribution in [0.15, 0.2) is 18.2 Å². The minimum Gasteiger partial charge on any atom is -0.490 e. The molecular formula is C12H13Cl2NO4. The second-order valence-corrected chi connectivity index (χ2v) is 4.51. The van der Waals surface area contributed by atoms with Crippen LogP contribution in [-0.4, -0.2) is 30.1 Å². The lowest BCUT2D eigenvalue weighted by molar-refractivity contribution is -0.138. The summed E-state index contributed by atoms with van der Waals surface area (Å²) in [7, 11) is 0. The average Bonchev–Trinajstić information content (AvgIpc) is 2.34. The molecule has 1 aromatic rings. The van der Waals surface area contributed by atoms with E-state index in [4.69, 9.17) is 33.0 Å². The molecule has 0 aliphatic carbocycles. The van der Waals surface area contributed by atoms with E-state index in [1.807, 2.05) is 0 Å². The summed E-state index contributed by atoms with van der Waals surface area (Å²) < 4.78 is 5.35. The van der Waals surface area contributed by atoms with Gasteiger partial charge in [0.1, 0.15) is 12.4 Å². The molecule has 0 saturated carbocycles. The van der Waals surface area contributed by atoms with Crippen LogP contribution in [0.4, 0.5) is 0 Å². The maximum atomic E-state index is 11.2. The van der Waals surface area contributed by atoms with Crippen LogP contribution in [0.2, 0.25) is 10.0 Å². The number of carboxylic acid groups (broad SMARTS) is 1. The van der Waals surface area contributed by atoms with Crippen molar-refractivity contribution < 1.29 is 19.4 Å². The standard InChI is InChI=1S/C12H13Cl2NO4/c13-8-1-2-10(9(14)7-8)19-6-5-15-11(16)3-4-12(17)18/h1-2,7H,3-6H2,(H,15,16)(H,17,18). The van der Waals surface area contributed by atoms with Gasteiger partial charge in [-0.25, -0.2) is 0 Å². The lowest BCUT2D eigenvalue weighted by Crippen LogP contribution is -2.28. The van der Waals surface area contributed by atoms with Crippen molar-refractivity contribution in [2.24, 2.45) is 0 Å². The summed E-state index contributed by atoms with van der Waals surface area (Å²) in [5.74, 6) is -0.849. The number of aliphatic carboxylic acids is 1. The fraction of sp³-hybridized carbons (Fsp3) is 0.333. The predicted molar refractivity (Wildman–Crippen MR) is 71.8 cm³/mol. The first-order valence-corrected chi connectivity index (χ1v) is 6.31. The number of nitrogens with one attached hydrogen (secondary N) is 1. The molecule has 0 fully saturated rings. The fourth-order valence-electron chi connectivity index (χ4n) is 1.25. The van der Waals surface area contributed by atoms with Crippen molar-refractivity contribution >= 4 is 35.1 Å². The van der Waals surface area contributed by atoms with Gasteiger partial charge in [-0.15, -0.1) is 0 Å². The number of carbonyl (C=O) groups is 2. The average molecular weight is 306 g/mol. The summed E-state index contributed by atoms with van der Waals surface area (Å²) in [6, 6.07) is 4.84. The number of rotatable bonds is 7. The first-order valence-electron chi connectivity index (χ1n) is 5.55. The minimum atomic E-state index is -1.00. The number of carboxylic acids is 1. The van der Waals surface area contributed by atoms with Crippen LogP contribution in [-0.2, 0) is 9.59 Å². The van der Waals surface area contributed by atoms with E-state index in [2.05, 4.69) is 5.32 Å². The molecule has 0 aromatic heterocycles. The van der Waals surface area contributed by atoms with Crippen LogP contribution in [0.3, 0.4) is 0 Å². The van der Waals surface area contributed by atoms with E-state index in [1.54, 1.807) is 18.2 Å². The third-order valence-corrected chi connectivity index (χ3v) is 2.67. The Morgan fingerprint density at radius 2 is 2.00 bits per heavy atom. The van der Waals surface area contributed by atoms with Gasteiger partial charge >= 0.3 is 5.97 Å². The third-order valence-electron chi connectivity index (χ3n) is 2.14. The van der Waals surface area contributed by atoms with Crippen LogP contribution in [0.1, 0.15) is 12.8 Å². The zero-order valence-electron chi connectivity index (χ0n) is 9.99. The van der Waals surface area contributed by atoms with Gasteiger partial charge in [0, 0.05) is 11.4 Å². The molecule has 2 N–H and O–H groups in total. The molecule has 0 spiro atoms. The minimum absolute atomic E-state index is 0.0446. The first-order chi connectivity index (χ1) is 8.99. The second-order valence-electron chi connectivity index (χ2n) is 3.67. The number of benzene rings is 1. The van der Waals surface area contributed by atoms with Crippen molar-refractivity contribution in [3.63, 3.8) is 0 Å². The molecule has 0 atom stereocenters. The Morgan fingerprint density at radius 3 is 2.63 bits per heavy atom. The van der Waals surface area contributed by atoms with E-state index in [0.717, 1.165) is 0 Å². The molecular weight excluding hydrogens is 293 g/mol. The zero-order chi connectivity index (χ0) is 14.3. The first kappa shape index (κ1) is 15.6. The fourth-order valence-corrected chi connectivity index (χ4v) is 1.72. The molecule has 1 aromatic carbocycles. The quantitative estimate of drug-likeness (QED) is 0.758. The van der Waals surface area contributed by atoms with E-state index < -0.39 is 5.97 Å². The lowest BCUT2D eigenvalue weighted by Gasteiger charge is -2.09. The molecule has 19 heavy (non-hydrogen) atoms. The summed E-state index contributed by atoms with van der Waals surface area (Å²) in [5, 5.41) is 11.9. The SMILES string of the molecule is O=C(O)CCC(=O)NCCOc1ccc(Cl)cc1Cl. The van der Waals surface area contributed by atoms with Crippen molar-refractivity contribution in [2.75, 3.05) is 13.2 Å². The molecule has 1 rings (SSSR count). The van der Waals surface area contributed by atoms with Gasteiger partial charge in [-0.05, 0) is 18.2 Å². The number of hydrogen-bond donors (Lipinski definition) is 2. The van der Waals surface area contributed by atoms with E-state index in [0.29, 0.717) is 15.8 Å². The van der Waals surface area contributed by atoms with Crippen LogP contribution in [0.5, 0.6) is 5.75 Å². The lowest BCUT2D eigenvalue weighted by atomic mass is 10.3. The monoisotopic (exact) mass is 305 g/mol. The molecule has 0 saturated heterocycles. The zero-order valence-corrected chi connectivity index (χ0v) is 11.5. The van der Waals surface area contributed by atoms with Crippen molar-refractivity contribution in [1.82, 2.24) is 5.32 Å². The molecule has 5 nitrogen and oxygen atoms in total. The molecule has 0 aliphatic heterocycles. The van der Waals surface area contributed by atoms with Gasteiger partial charge in [-0.3, -0.25) is 9.59 Å². The molecule has 0 heterocycles. The topological polar surface area (TPSA) is 75.6 Å². The van der Waals surface area contributed by atoms with Gasteiger partial charge in [0.25, 0.3) is 0 Å². The molecule has 7 heteroatoms. The van der Waals surface area contributed by atoms with E-state index >= 15 is 0 Å². The highest BCUT2D eigenvalue weighted by molar-refractivity contribution is 6.35. The molecule has 0 aliphatic rings. The third kappa shape index (κ3) is 6.31. The Bertz CT molecular complexity index is 465. The van der Waals surface area contributed by atoms with Crippen molar-refractivity contribution in [1.29, 1.82) is 0 Å². The van der Waals surface area contributed by atoms with Gasteiger partial charge in [-0.1, -0.05) is 23.2 Å². The maximum absolute atomic E-state index is 11.2. The van der Waals surface area contributed by atoms with Crippen molar-refractivity contribution in [2.45, 2.75) is 12.8 Å². The Labute approximate surface area is 120 Å². The van der Waals surface area contributed by atoms with Gasteiger partial charge in [0.15, 0.2) is 0 Å². The number of carbonyl (C=O) groups excluding carboxylic acids is 1. The van der Waals surface area contributed by atoms with Crippen LogP contribution in [0.25, 0.3) is 0 Å². The van der Waals surface area contributed by atoms with Crippen molar-refractivity contribution in [3.8, 4) is 5.75 Å². The second kappa shape index (κ2) is 7.86. The van der Waals surface area contributed by atoms with Gasteiger partial charge in [-0.2, -0.15) is 0 Å². The Morgan fingerprint density at radius 1 is 1.26 bits per heavy atom. The van der Waals surface area contributed by atoms with E-state index in [-0.39, 0.29) is 31.9 Å². The molecule has 0 bridgehead atoms. The molecule has 0 unspecified atom stereocenters. The normalized spacial score (nSPS) is 10.0. The summed E-state index contributed by atoms with van der Waals surface area (Å²) in [6.07, 6.45) is -0.229. The molecule has 1 amide bonds. The predicted octanol–water partition coefficient (Wildman–Crippen LogP) is 2.35. The summed E-state index contributed by atoms with van der Waals surface area (Å²) in [4.78, 5) is 21.5. The van der Waals surface area contributed by atoms with Crippen molar-refractivity contribution in [3.05, 3.63) is 28.2 Å². The highest BCUT2D eigenvalue weighted by Crippen LogP contribution is 2.27. The Balaban J connectivity index is 2.23. The van der Waals surface area contributed by atoms with Gasteiger partial charge in [0.2, 0.25) is 5.91 Å². The summed E-state index contributed by atoms with van der Waals surface area (Å²) in [6.45, 7) is 0.511. The van der Waals surface area contributed by atoms with Gasteiger partial charge in [0.05, 0.1) is 18.0 Å². The maximum Gasteiger partial charge on any atom is 0.303 e. The smallest absolute Gasteiger partial charge is 0.303 e. The number of hydrogen-bond acceptors (Lipinski definition) is 3. The highest BCUT2D eigenvalue weighted by Gasteiger charge is 2.05. The van der Waals surface area contributed by atoms with Gasteiger partial charge < -0.3 is 15.2 Å². The highest BCUT2D eigenvalue weighted by atomic mass is 35.5. The largest absolute Gasteiger partial charge is 0.490 e. The van der Waals surface area contributed by atoms with E-state index in [9.17, 15) is 9.59 Å². The number of ether oxygens (including phenoxy) is 1. The molecule has 104 valence electrons. The molecule has 0 radical (unpaired) electrons. The van der Waals surface area contributed by atoms with Crippen LogP contribution < -0.4 is 10.1 Å². The summed E-state index contributed by atoms with van der Waals surface area (Å²) in [5.41, 5.74) is 0. The number of amides is 1. The van der Waals surface area contributed by atoms with E-state index in [1.165, 1.54) is 0 Å². The Hall–Kier alpha value is -1.46. The van der Waals surface area contributed by atoms with Crippen LogP contribution >= 0.6 is 23.2 Å². The number of halogens is 2. The summed E-state index contributed by atoms with van der Waals surface area (Å²) >= 11 is 11.6. The Kier molecular flexibility index (Phi) is 6.45.